The van der Waals surface area contributed by atoms with Gasteiger partial charge in [0.25, 0.3) is 0 Å². The Labute approximate surface area is 204 Å². The SMILES string of the molecule is CC(c1ccccc1)C1(C(C)c2ccccc2)CC(n2c(=O)[nH]c3ccccc32)CCN1C(=O)O. The Balaban J connectivity index is 1.70. The third-order valence-corrected chi connectivity index (χ3v) is 8.07. The number of piperidine rings is 1. The smallest absolute Gasteiger partial charge is 0.407 e. The highest BCUT2D eigenvalue weighted by molar-refractivity contribution is 5.75. The minimum atomic E-state index is -0.916. The summed E-state index contributed by atoms with van der Waals surface area (Å²) in [6, 6.07) is 27.8. The van der Waals surface area contributed by atoms with E-state index in [2.05, 4.69) is 43.1 Å². The van der Waals surface area contributed by atoms with Crippen LogP contribution in [0.25, 0.3) is 11.0 Å². The highest BCUT2D eigenvalue weighted by Crippen LogP contribution is 2.51. The van der Waals surface area contributed by atoms with Crippen LogP contribution in [-0.2, 0) is 0 Å². The van der Waals surface area contributed by atoms with Gasteiger partial charge in [0.2, 0.25) is 0 Å². The number of carboxylic acid groups (broad SMARTS) is 1. The van der Waals surface area contributed by atoms with Gasteiger partial charge in [-0.1, -0.05) is 86.6 Å². The number of hydrogen-bond donors (Lipinski definition) is 2. The number of amides is 1. The average molecular weight is 470 g/mol. The van der Waals surface area contributed by atoms with Gasteiger partial charge in [0.15, 0.2) is 0 Å². The lowest BCUT2D eigenvalue weighted by Gasteiger charge is -2.55. The summed E-state index contributed by atoms with van der Waals surface area (Å²) in [5.74, 6) is -0.197. The largest absolute Gasteiger partial charge is 0.465 e. The number of hydrogen-bond acceptors (Lipinski definition) is 2. The number of fused-ring (bicyclic) bond motifs is 1. The molecule has 4 aromatic rings. The molecule has 35 heavy (non-hydrogen) atoms. The molecule has 3 unspecified atom stereocenters. The Bertz CT molecular complexity index is 1330. The zero-order valence-electron chi connectivity index (χ0n) is 20.1. The number of benzene rings is 3. The van der Waals surface area contributed by atoms with E-state index in [1.54, 1.807) is 4.90 Å². The predicted molar refractivity (Wildman–Crippen MR) is 138 cm³/mol. The maximum atomic E-state index is 13.1. The molecule has 0 bridgehead atoms. The van der Waals surface area contributed by atoms with Gasteiger partial charge in [0.1, 0.15) is 0 Å². The molecule has 180 valence electrons. The number of aromatic amines is 1. The van der Waals surface area contributed by atoms with Crippen molar-refractivity contribution in [2.45, 2.75) is 50.1 Å². The minimum absolute atomic E-state index is 0.0984. The molecule has 0 aliphatic carbocycles. The lowest BCUT2D eigenvalue weighted by molar-refractivity contribution is -0.00116. The van der Waals surface area contributed by atoms with Gasteiger partial charge in [-0.05, 0) is 36.1 Å². The van der Waals surface area contributed by atoms with Gasteiger partial charge in [-0.25, -0.2) is 9.59 Å². The van der Waals surface area contributed by atoms with E-state index in [4.69, 9.17) is 0 Å². The first kappa shape index (κ1) is 23.0. The second-order valence-electron chi connectivity index (χ2n) is 9.65. The monoisotopic (exact) mass is 469 g/mol. The Kier molecular flexibility index (Phi) is 5.97. The molecule has 1 aromatic heterocycles. The molecule has 0 saturated carbocycles. The number of nitrogens with zero attached hydrogens (tertiary/aromatic N) is 2. The van der Waals surface area contributed by atoms with Crippen LogP contribution in [0.5, 0.6) is 0 Å². The van der Waals surface area contributed by atoms with E-state index >= 15 is 0 Å². The summed E-state index contributed by atoms with van der Waals surface area (Å²) in [5, 5.41) is 10.5. The first-order valence-electron chi connectivity index (χ1n) is 12.2. The molecular formula is C29H31N3O3. The zero-order valence-corrected chi connectivity index (χ0v) is 20.1. The number of carbonyl (C=O) groups is 1. The van der Waals surface area contributed by atoms with Crippen molar-refractivity contribution in [1.29, 1.82) is 0 Å². The summed E-state index contributed by atoms with van der Waals surface area (Å²) in [6.07, 6.45) is 0.201. The van der Waals surface area contributed by atoms with Gasteiger partial charge in [0, 0.05) is 24.4 Å². The maximum absolute atomic E-state index is 13.1. The summed E-state index contributed by atoms with van der Waals surface area (Å²) < 4.78 is 1.85. The third-order valence-electron chi connectivity index (χ3n) is 8.07. The standard InChI is InChI=1S/C29H31N3O3/c1-20(22-11-5-3-6-12-22)29(21(2)23-13-7-4-8-14-23)19-24(17-18-31(29)28(34)35)32-26-16-10-9-15-25(26)30-27(32)33/h3-16,20-21,24H,17-19H2,1-2H3,(H,30,33)(H,34,35). The van der Waals surface area contributed by atoms with Gasteiger partial charge in [-0.2, -0.15) is 0 Å². The molecule has 0 radical (unpaired) electrons. The van der Waals surface area contributed by atoms with Crippen LogP contribution in [0.1, 0.15) is 55.7 Å². The molecule has 1 saturated heterocycles. The van der Waals surface area contributed by atoms with Crippen molar-refractivity contribution >= 4 is 17.1 Å². The number of rotatable bonds is 5. The molecule has 3 atom stereocenters. The van der Waals surface area contributed by atoms with Crippen LogP contribution >= 0.6 is 0 Å². The number of nitrogens with one attached hydrogen (secondary N) is 1. The molecule has 6 nitrogen and oxygen atoms in total. The fourth-order valence-corrected chi connectivity index (χ4v) is 6.26. The van der Waals surface area contributed by atoms with Crippen molar-refractivity contribution in [2.24, 2.45) is 0 Å². The van der Waals surface area contributed by atoms with Crippen LogP contribution in [-0.4, -0.2) is 37.7 Å². The lowest BCUT2D eigenvalue weighted by Crippen LogP contribution is -2.61. The van der Waals surface area contributed by atoms with Gasteiger partial charge < -0.3 is 15.0 Å². The number of para-hydroxylation sites is 2. The number of imidazole rings is 1. The second kappa shape index (κ2) is 9.10. The van der Waals surface area contributed by atoms with E-state index < -0.39 is 11.6 Å². The highest BCUT2D eigenvalue weighted by Gasteiger charge is 2.53. The van der Waals surface area contributed by atoms with Crippen LogP contribution in [0.15, 0.2) is 89.7 Å². The van der Waals surface area contributed by atoms with E-state index in [9.17, 15) is 14.7 Å². The fourth-order valence-electron chi connectivity index (χ4n) is 6.26. The zero-order chi connectivity index (χ0) is 24.6. The molecule has 6 heteroatoms. The summed E-state index contributed by atoms with van der Waals surface area (Å²) in [5.41, 5.74) is 2.95. The van der Waals surface area contributed by atoms with Crippen molar-refractivity contribution in [3.63, 3.8) is 0 Å². The number of likely N-dealkylation sites (tertiary alicyclic amines) is 1. The van der Waals surface area contributed by atoms with Crippen LogP contribution in [0.2, 0.25) is 0 Å². The minimum Gasteiger partial charge on any atom is -0.465 e. The van der Waals surface area contributed by atoms with E-state index in [1.165, 1.54) is 0 Å². The molecule has 0 spiro atoms. The first-order chi connectivity index (χ1) is 16.9. The van der Waals surface area contributed by atoms with Crippen LogP contribution in [0.3, 0.4) is 0 Å². The molecular weight excluding hydrogens is 438 g/mol. The van der Waals surface area contributed by atoms with E-state index in [0.29, 0.717) is 19.4 Å². The Morgan fingerprint density at radius 3 is 2.03 bits per heavy atom. The van der Waals surface area contributed by atoms with Crippen molar-refractivity contribution < 1.29 is 9.90 Å². The molecule has 1 aliphatic rings. The number of H-pyrrole nitrogens is 1. The average Bonchev–Trinajstić information content (AvgIpc) is 3.23. The molecule has 1 aliphatic heterocycles. The third kappa shape index (κ3) is 3.83. The molecule has 2 heterocycles. The van der Waals surface area contributed by atoms with Crippen molar-refractivity contribution in [3.8, 4) is 0 Å². The maximum Gasteiger partial charge on any atom is 0.407 e. The van der Waals surface area contributed by atoms with Crippen molar-refractivity contribution in [1.82, 2.24) is 14.5 Å². The van der Waals surface area contributed by atoms with Gasteiger partial charge in [-0.15, -0.1) is 0 Å². The molecule has 5 rings (SSSR count). The highest BCUT2D eigenvalue weighted by atomic mass is 16.4. The quantitative estimate of drug-likeness (QED) is 0.377. The van der Waals surface area contributed by atoms with Crippen molar-refractivity contribution in [2.75, 3.05) is 6.54 Å². The van der Waals surface area contributed by atoms with Crippen LogP contribution in [0, 0.1) is 0 Å². The van der Waals surface area contributed by atoms with Crippen LogP contribution < -0.4 is 5.69 Å². The summed E-state index contributed by atoms with van der Waals surface area (Å²) in [6.45, 7) is 4.62. The summed E-state index contributed by atoms with van der Waals surface area (Å²) in [7, 11) is 0. The normalized spacial score (nSPS) is 22.1. The van der Waals surface area contributed by atoms with Crippen molar-refractivity contribution in [3.05, 3.63) is 107 Å². The first-order valence-corrected chi connectivity index (χ1v) is 12.2. The number of aromatic nitrogens is 2. The Hall–Kier alpha value is -3.80. The van der Waals surface area contributed by atoms with Gasteiger partial charge in [-0.3, -0.25) is 4.57 Å². The van der Waals surface area contributed by atoms with E-state index in [0.717, 1.165) is 22.2 Å². The molecule has 2 N–H and O–H groups in total. The lowest BCUT2D eigenvalue weighted by atomic mass is 9.64. The molecule has 1 fully saturated rings. The van der Waals surface area contributed by atoms with Crippen LogP contribution in [0.4, 0.5) is 4.79 Å². The van der Waals surface area contributed by atoms with Gasteiger partial charge in [0.05, 0.1) is 16.6 Å². The van der Waals surface area contributed by atoms with E-state index in [1.807, 2.05) is 65.2 Å². The predicted octanol–water partition coefficient (Wildman–Crippen LogP) is 5.99. The van der Waals surface area contributed by atoms with Gasteiger partial charge >= 0.3 is 11.8 Å². The second-order valence-corrected chi connectivity index (χ2v) is 9.65. The molecule has 1 amide bonds. The molecule has 3 aromatic carbocycles. The fraction of sp³-hybridized carbons (Fsp3) is 0.310. The summed E-state index contributed by atoms with van der Waals surface area (Å²) in [4.78, 5) is 30.5. The topological polar surface area (TPSA) is 78.3 Å². The summed E-state index contributed by atoms with van der Waals surface area (Å²) >= 11 is 0. The Morgan fingerprint density at radius 1 is 0.914 bits per heavy atom. The van der Waals surface area contributed by atoms with E-state index in [-0.39, 0.29) is 23.6 Å². The Morgan fingerprint density at radius 2 is 1.46 bits per heavy atom.